The Balaban J connectivity index is 2.50. The first-order chi connectivity index (χ1) is 8.19. The Bertz CT molecular complexity index is 417. The second-order valence-corrected chi connectivity index (χ2v) is 6.10. The Morgan fingerprint density at radius 1 is 1.44 bits per heavy atom. The van der Waals surface area contributed by atoms with E-state index >= 15 is 0 Å². The molecule has 0 aliphatic heterocycles. The van der Waals surface area contributed by atoms with Crippen LogP contribution in [0, 0.1) is 19.3 Å². The number of nitrogens with two attached hydrogens (primary N) is 1. The summed E-state index contributed by atoms with van der Waals surface area (Å²) in [4.78, 5) is 11.8. The summed E-state index contributed by atoms with van der Waals surface area (Å²) in [7, 11) is 0. The van der Waals surface area contributed by atoms with Crippen LogP contribution >= 0.6 is 0 Å². The number of aryl methyl sites for hydroxylation is 1. The van der Waals surface area contributed by atoms with Crippen molar-refractivity contribution in [3.8, 4) is 0 Å². The van der Waals surface area contributed by atoms with Gasteiger partial charge in [0.1, 0.15) is 0 Å². The minimum atomic E-state index is -0.120. The summed E-state index contributed by atoms with van der Waals surface area (Å²) in [6, 6.07) is -0.120. The van der Waals surface area contributed by atoms with Crippen molar-refractivity contribution in [2.24, 2.45) is 11.1 Å². The molecule has 1 unspecified atom stereocenters. The number of H-pyrrole nitrogens is 1. The van der Waals surface area contributed by atoms with Crippen LogP contribution in [-0.4, -0.2) is 22.1 Å². The zero-order chi connectivity index (χ0) is 13.9. The molecule has 102 valence electrons. The number of nitrogens with zero attached hydrogens (tertiary/aromatic N) is 1. The van der Waals surface area contributed by atoms with Gasteiger partial charge in [0.2, 0.25) is 5.91 Å². The van der Waals surface area contributed by atoms with Gasteiger partial charge in [0.15, 0.2) is 5.82 Å². The molecule has 0 bridgehead atoms. The van der Waals surface area contributed by atoms with Crippen LogP contribution < -0.4 is 11.1 Å². The molecule has 1 aromatic heterocycles. The number of nitrogens with one attached hydrogen (secondary N) is 2. The van der Waals surface area contributed by atoms with E-state index in [-0.39, 0.29) is 17.4 Å². The van der Waals surface area contributed by atoms with E-state index in [0.29, 0.717) is 12.2 Å². The molecule has 1 heterocycles. The fourth-order valence-electron chi connectivity index (χ4n) is 1.89. The molecule has 0 saturated heterocycles. The van der Waals surface area contributed by atoms with E-state index in [9.17, 15) is 4.79 Å². The number of hydrogen-bond donors (Lipinski definition) is 3. The molecule has 0 aliphatic carbocycles. The minimum absolute atomic E-state index is 0.0821. The number of amides is 1. The monoisotopic (exact) mass is 252 g/mol. The third-order valence-corrected chi connectivity index (χ3v) is 2.83. The van der Waals surface area contributed by atoms with E-state index in [0.717, 1.165) is 17.7 Å². The highest BCUT2D eigenvalue weighted by Gasteiger charge is 2.19. The van der Waals surface area contributed by atoms with Gasteiger partial charge in [-0.1, -0.05) is 20.8 Å². The van der Waals surface area contributed by atoms with Crippen molar-refractivity contribution in [1.29, 1.82) is 0 Å². The fraction of sp³-hybridized carbons (Fsp3) is 0.692. The van der Waals surface area contributed by atoms with Crippen LogP contribution in [0.1, 0.15) is 44.9 Å². The lowest BCUT2D eigenvalue weighted by Gasteiger charge is -2.22. The van der Waals surface area contributed by atoms with Gasteiger partial charge in [0, 0.05) is 23.7 Å². The summed E-state index contributed by atoms with van der Waals surface area (Å²) in [6.07, 6.45) is 1.14. The first-order valence-electron chi connectivity index (χ1n) is 6.26. The Kier molecular flexibility index (Phi) is 4.51. The number of hydrogen-bond acceptors (Lipinski definition) is 3. The molecule has 18 heavy (non-hydrogen) atoms. The Morgan fingerprint density at radius 3 is 2.50 bits per heavy atom. The molecule has 0 fully saturated rings. The number of rotatable bonds is 4. The maximum Gasteiger partial charge on any atom is 0.227 e. The molecule has 5 nitrogen and oxygen atoms in total. The van der Waals surface area contributed by atoms with E-state index in [2.05, 4.69) is 36.3 Å². The van der Waals surface area contributed by atoms with E-state index in [1.165, 1.54) is 0 Å². The largest absolute Gasteiger partial charge is 0.327 e. The number of aromatic amines is 1. The van der Waals surface area contributed by atoms with Gasteiger partial charge in [0.25, 0.3) is 0 Å². The van der Waals surface area contributed by atoms with Gasteiger partial charge in [-0.2, -0.15) is 5.10 Å². The number of carbonyl (C=O) groups excluding carboxylic acids is 1. The standard InChI is InChI=1S/C13H24N4O/c1-8-9(2)16-17-12(8)15-11(18)6-10(14)7-13(3,4)5/h10H,6-7,14H2,1-5H3,(H2,15,16,17,18). The van der Waals surface area contributed by atoms with Gasteiger partial charge < -0.3 is 11.1 Å². The predicted molar refractivity (Wildman–Crippen MR) is 73.4 cm³/mol. The van der Waals surface area contributed by atoms with Crippen LogP contribution in [0.15, 0.2) is 0 Å². The average molecular weight is 252 g/mol. The smallest absolute Gasteiger partial charge is 0.227 e. The van der Waals surface area contributed by atoms with Crippen LogP contribution in [0.3, 0.4) is 0 Å². The highest BCUT2D eigenvalue weighted by molar-refractivity contribution is 5.90. The second kappa shape index (κ2) is 5.52. The van der Waals surface area contributed by atoms with Crippen molar-refractivity contribution in [3.05, 3.63) is 11.3 Å². The Hall–Kier alpha value is -1.36. The minimum Gasteiger partial charge on any atom is -0.327 e. The molecule has 5 heteroatoms. The Labute approximate surface area is 109 Å². The van der Waals surface area contributed by atoms with Crippen LogP contribution in [0.5, 0.6) is 0 Å². The summed E-state index contributed by atoms with van der Waals surface area (Å²) in [5.41, 5.74) is 8.03. The van der Waals surface area contributed by atoms with Crippen molar-refractivity contribution in [1.82, 2.24) is 10.2 Å². The van der Waals surface area contributed by atoms with Crippen molar-refractivity contribution in [2.75, 3.05) is 5.32 Å². The quantitative estimate of drug-likeness (QED) is 0.767. The SMILES string of the molecule is Cc1[nH]nc(NC(=O)CC(N)CC(C)(C)C)c1C. The zero-order valence-electron chi connectivity index (χ0n) is 11.9. The molecule has 0 radical (unpaired) electrons. The van der Waals surface area contributed by atoms with Crippen LogP contribution in [0.4, 0.5) is 5.82 Å². The lowest BCUT2D eigenvalue weighted by Crippen LogP contribution is -2.31. The van der Waals surface area contributed by atoms with Gasteiger partial charge in [0.05, 0.1) is 0 Å². The fourth-order valence-corrected chi connectivity index (χ4v) is 1.89. The van der Waals surface area contributed by atoms with Crippen LogP contribution in [-0.2, 0) is 4.79 Å². The van der Waals surface area contributed by atoms with Gasteiger partial charge >= 0.3 is 0 Å². The highest BCUT2D eigenvalue weighted by Crippen LogP contribution is 2.21. The molecule has 0 saturated carbocycles. The van der Waals surface area contributed by atoms with Crippen LogP contribution in [0.2, 0.25) is 0 Å². The topological polar surface area (TPSA) is 83.8 Å². The summed E-state index contributed by atoms with van der Waals surface area (Å²) >= 11 is 0. The summed E-state index contributed by atoms with van der Waals surface area (Å²) in [5, 5.41) is 9.66. The van der Waals surface area contributed by atoms with Gasteiger partial charge in [-0.15, -0.1) is 0 Å². The number of anilines is 1. The van der Waals surface area contributed by atoms with Crippen molar-refractivity contribution < 1.29 is 4.79 Å². The average Bonchev–Trinajstić information content (AvgIpc) is 2.46. The molecule has 1 atom stereocenters. The molecule has 0 aliphatic rings. The summed E-state index contributed by atoms with van der Waals surface area (Å²) in [6.45, 7) is 10.2. The van der Waals surface area contributed by atoms with E-state index in [4.69, 9.17) is 5.73 Å². The molecule has 1 rings (SSSR count). The molecule has 1 aromatic rings. The highest BCUT2D eigenvalue weighted by atomic mass is 16.1. The molecular weight excluding hydrogens is 228 g/mol. The maximum atomic E-state index is 11.8. The molecule has 0 aromatic carbocycles. The normalized spacial score (nSPS) is 13.4. The third-order valence-electron chi connectivity index (χ3n) is 2.83. The van der Waals surface area contributed by atoms with Gasteiger partial charge in [-0.05, 0) is 25.7 Å². The summed E-state index contributed by atoms with van der Waals surface area (Å²) < 4.78 is 0. The number of aromatic nitrogens is 2. The lowest BCUT2D eigenvalue weighted by molar-refractivity contribution is -0.116. The first kappa shape index (κ1) is 14.7. The van der Waals surface area contributed by atoms with Crippen molar-refractivity contribution >= 4 is 11.7 Å². The molecule has 0 spiro atoms. The lowest BCUT2D eigenvalue weighted by atomic mass is 9.87. The van der Waals surface area contributed by atoms with Gasteiger partial charge in [-0.3, -0.25) is 9.89 Å². The maximum absolute atomic E-state index is 11.8. The van der Waals surface area contributed by atoms with Crippen LogP contribution in [0.25, 0.3) is 0 Å². The number of carbonyl (C=O) groups is 1. The van der Waals surface area contributed by atoms with E-state index in [1.807, 2.05) is 13.8 Å². The Morgan fingerprint density at radius 2 is 2.06 bits per heavy atom. The molecular formula is C13H24N4O. The van der Waals surface area contributed by atoms with E-state index in [1.54, 1.807) is 0 Å². The second-order valence-electron chi connectivity index (χ2n) is 6.10. The predicted octanol–water partition coefficient (Wildman–Crippen LogP) is 2.12. The molecule has 4 N–H and O–H groups in total. The van der Waals surface area contributed by atoms with Crippen molar-refractivity contribution in [2.45, 2.75) is 53.5 Å². The first-order valence-corrected chi connectivity index (χ1v) is 6.26. The zero-order valence-corrected chi connectivity index (χ0v) is 11.9. The third kappa shape index (κ3) is 4.49. The van der Waals surface area contributed by atoms with E-state index < -0.39 is 0 Å². The summed E-state index contributed by atoms with van der Waals surface area (Å²) in [5.74, 6) is 0.516. The molecule has 1 amide bonds. The van der Waals surface area contributed by atoms with Gasteiger partial charge in [-0.25, -0.2) is 0 Å². The van der Waals surface area contributed by atoms with Crippen molar-refractivity contribution in [3.63, 3.8) is 0 Å².